The zero-order valence-electron chi connectivity index (χ0n) is 9.23. The molecule has 2 rings (SSSR count). The summed E-state index contributed by atoms with van der Waals surface area (Å²) >= 11 is 0. The maximum Gasteiger partial charge on any atom is 0.209 e. The Bertz CT molecular complexity index is 376. The molecule has 15 heavy (non-hydrogen) atoms. The molecule has 2 bridgehead atoms. The highest BCUT2D eigenvalue weighted by molar-refractivity contribution is 7.89. The van der Waals surface area contributed by atoms with Crippen LogP contribution < -0.4 is 5.14 Å². The molecule has 0 amide bonds. The molecule has 2 aliphatic carbocycles. The van der Waals surface area contributed by atoms with Crippen LogP contribution in [-0.2, 0) is 10.0 Å². The van der Waals surface area contributed by atoms with Crippen LogP contribution >= 0.6 is 0 Å². The predicted octanol–water partition coefficient (Wildman–Crippen LogP) is 0.462. The zero-order chi connectivity index (χ0) is 11.5. The molecule has 0 aliphatic heterocycles. The van der Waals surface area contributed by atoms with Crippen LogP contribution in [0.25, 0.3) is 0 Å². The fourth-order valence-electron chi connectivity index (χ4n) is 3.74. The van der Waals surface area contributed by atoms with E-state index in [1.807, 2.05) is 0 Å². The lowest BCUT2D eigenvalue weighted by atomic mass is 9.70. The Kier molecular flexibility index (Phi) is 2.24. The molecule has 0 aromatic rings. The number of aliphatic hydroxyl groups excluding tert-OH is 1. The van der Waals surface area contributed by atoms with E-state index in [0.29, 0.717) is 5.92 Å². The standard InChI is InChI=1S/C10H19NO3S/c1-9(2)7-3-4-10(9,8(12)5-7)6-15(11,13)14/h7-8,12H,3-6H2,1-2H3,(H2,11,13,14)/t7?,8-,10-/m0/s1. The van der Waals surface area contributed by atoms with E-state index in [0.717, 1.165) is 19.3 Å². The number of rotatable bonds is 2. The Morgan fingerprint density at radius 2 is 2.07 bits per heavy atom. The van der Waals surface area contributed by atoms with Crippen LogP contribution in [0.15, 0.2) is 0 Å². The molecule has 5 heteroatoms. The number of sulfonamides is 1. The summed E-state index contributed by atoms with van der Waals surface area (Å²) in [6.45, 7) is 4.12. The number of nitrogens with two attached hydrogens (primary N) is 1. The van der Waals surface area contributed by atoms with Crippen molar-refractivity contribution in [3.8, 4) is 0 Å². The average Bonchev–Trinajstić information content (AvgIpc) is 2.34. The number of primary sulfonamides is 1. The average molecular weight is 233 g/mol. The van der Waals surface area contributed by atoms with Crippen LogP contribution in [0.2, 0.25) is 0 Å². The molecule has 0 aromatic heterocycles. The van der Waals surface area contributed by atoms with Gasteiger partial charge in [-0.2, -0.15) is 0 Å². The minimum absolute atomic E-state index is 0.0787. The summed E-state index contributed by atoms with van der Waals surface area (Å²) in [5.74, 6) is 0.360. The smallest absolute Gasteiger partial charge is 0.209 e. The van der Waals surface area contributed by atoms with Crippen LogP contribution in [-0.4, -0.2) is 25.4 Å². The highest BCUT2D eigenvalue weighted by Crippen LogP contribution is 2.65. The Hall–Kier alpha value is -0.130. The lowest BCUT2D eigenvalue weighted by molar-refractivity contribution is 0.0153. The van der Waals surface area contributed by atoms with E-state index < -0.39 is 21.5 Å². The van der Waals surface area contributed by atoms with Gasteiger partial charge in [-0.1, -0.05) is 13.8 Å². The maximum atomic E-state index is 11.3. The quantitative estimate of drug-likeness (QED) is 0.727. The van der Waals surface area contributed by atoms with Gasteiger partial charge in [0.15, 0.2) is 0 Å². The van der Waals surface area contributed by atoms with Crippen molar-refractivity contribution < 1.29 is 13.5 Å². The minimum atomic E-state index is -3.52. The lowest BCUT2D eigenvalue weighted by Crippen LogP contribution is -2.45. The van der Waals surface area contributed by atoms with Crippen LogP contribution in [0.1, 0.15) is 33.1 Å². The Labute approximate surface area is 90.9 Å². The summed E-state index contributed by atoms with van der Waals surface area (Å²) in [5.41, 5.74) is -0.621. The van der Waals surface area contributed by atoms with Crippen LogP contribution in [0.5, 0.6) is 0 Å². The highest BCUT2D eigenvalue weighted by atomic mass is 32.2. The summed E-state index contributed by atoms with van der Waals surface area (Å²) in [5, 5.41) is 15.2. The number of hydrogen-bond donors (Lipinski definition) is 2. The maximum absolute atomic E-state index is 11.3. The largest absolute Gasteiger partial charge is 0.392 e. The topological polar surface area (TPSA) is 80.4 Å². The Morgan fingerprint density at radius 1 is 1.47 bits per heavy atom. The molecule has 1 unspecified atom stereocenters. The van der Waals surface area contributed by atoms with Crippen molar-refractivity contribution >= 4 is 10.0 Å². The van der Waals surface area contributed by atoms with E-state index in [-0.39, 0.29) is 11.2 Å². The summed E-state index contributed by atoms with van der Waals surface area (Å²) in [6.07, 6.45) is 2.01. The van der Waals surface area contributed by atoms with Crippen molar-refractivity contribution in [2.24, 2.45) is 21.9 Å². The summed E-state index contributed by atoms with van der Waals surface area (Å²) in [6, 6.07) is 0. The third kappa shape index (κ3) is 1.44. The molecule has 4 nitrogen and oxygen atoms in total. The molecular weight excluding hydrogens is 214 g/mol. The second-order valence-electron chi connectivity index (χ2n) is 5.67. The molecule has 2 aliphatic rings. The molecule has 3 N–H and O–H groups in total. The first kappa shape index (κ1) is 11.4. The molecule has 0 radical (unpaired) electrons. The van der Waals surface area contributed by atoms with Gasteiger partial charge in [-0.3, -0.25) is 0 Å². The fourth-order valence-corrected chi connectivity index (χ4v) is 5.17. The van der Waals surface area contributed by atoms with Crippen molar-refractivity contribution in [2.75, 3.05) is 5.75 Å². The first-order valence-electron chi connectivity index (χ1n) is 5.38. The molecule has 0 aromatic carbocycles. The van der Waals surface area contributed by atoms with Gasteiger partial charge in [-0.25, -0.2) is 13.6 Å². The molecule has 3 atom stereocenters. The number of aliphatic hydroxyl groups is 1. The molecule has 0 saturated heterocycles. The van der Waals surface area contributed by atoms with Crippen molar-refractivity contribution in [1.29, 1.82) is 0 Å². The first-order chi connectivity index (χ1) is 6.69. The monoisotopic (exact) mass is 233 g/mol. The van der Waals surface area contributed by atoms with E-state index in [4.69, 9.17) is 5.14 Å². The van der Waals surface area contributed by atoms with Crippen LogP contribution in [0, 0.1) is 16.7 Å². The van der Waals surface area contributed by atoms with Gasteiger partial charge in [0.05, 0.1) is 11.9 Å². The zero-order valence-corrected chi connectivity index (χ0v) is 10.0. The Morgan fingerprint density at radius 3 is 2.40 bits per heavy atom. The van der Waals surface area contributed by atoms with Crippen molar-refractivity contribution in [1.82, 2.24) is 0 Å². The number of hydrogen-bond acceptors (Lipinski definition) is 3. The van der Waals surface area contributed by atoms with E-state index in [9.17, 15) is 13.5 Å². The molecule has 88 valence electrons. The summed E-state index contributed by atoms with van der Waals surface area (Å²) in [7, 11) is -3.52. The van der Waals surface area contributed by atoms with Gasteiger partial charge < -0.3 is 5.11 Å². The minimum Gasteiger partial charge on any atom is -0.392 e. The molecule has 0 spiro atoms. The third-order valence-electron chi connectivity index (χ3n) is 4.85. The van der Waals surface area contributed by atoms with Gasteiger partial charge in [-0.15, -0.1) is 0 Å². The van der Waals surface area contributed by atoms with Crippen molar-refractivity contribution in [3.05, 3.63) is 0 Å². The van der Waals surface area contributed by atoms with Crippen molar-refractivity contribution in [3.63, 3.8) is 0 Å². The van der Waals surface area contributed by atoms with E-state index in [2.05, 4.69) is 13.8 Å². The Balaban J connectivity index is 2.40. The normalized spacial score (nSPS) is 43.5. The van der Waals surface area contributed by atoms with Crippen molar-refractivity contribution in [2.45, 2.75) is 39.2 Å². The van der Waals surface area contributed by atoms with Gasteiger partial charge in [0.25, 0.3) is 0 Å². The predicted molar refractivity (Wildman–Crippen MR) is 57.5 cm³/mol. The molecule has 2 fully saturated rings. The van der Waals surface area contributed by atoms with E-state index in [1.165, 1.54) is 0 Å². The third-order valence-corrected chi connectivity index (χ3v) is 5.76. The van der Waals surface area contributed by atoms with Crippen LogP contribution in [0.4, 0.5) is 0 Å². The van der Waals surface area contributed by atoms with Gasteiger partial charge in [0, 0.05) is 5.41 Å². The number of fused-ring (bicyclic) bond motifs is 2. The van der Waals surface area contributed by atoms with E-state index in [1.54, 1.807) is 0 Å². The highest BCUT2D eigenvalue weighted by Gasteiger charge is 2.64. The SMILES string of the molecule is CC1(C)C2CC[C@]1(CS(N)(=O)=O)[C@@H](O)C2. The second kappa shape index (κ2) is 2.96. The van der Waals surface area contributed by atoms with Gasteiger partial charge >= 0.3 is 0 Å². The van der Waals surface area contributed by atoms with Gasteiger partial charge in [0.2, 0.25) is 10.0 Å². The molecular formula is C10H19NO3S. The second-order valence-corrected chi connectivity index (χ2v) is 7.29. The van der Waals surface area contributed by atoms with Gasteiger partial charge in [0.1, 0.15) is 0 Å². The lowest BCUT2D eigenvalue weighted by Gasteiger charge is -2.39. The summed E-state index contributed by atoms with van der Waals surface area (Å²) < 4.78 is 22.5. The molecule has 0 heterocycles. The fraction of sp³-hybridized carbons (Fsp3) is 1.00. The van der Waals surface area contributed by atoms with Crippen LogP contribution in [0.3, 0.4) is 0 Å². The van der Waals surface area contributed by atoms with E-state index >= 15 is 0 Å². The first-order valence-corrected chi connectivity index (χ1v) is 7.09. The summed E-state index contributed by atoms with van der Waals surface area (Å²) in [4.78, 5) is 0. The molecule has 2 saturated carbocycles. The van der Waals surface area contributed by atoms with Gasteiger partial charge in [-0.05, 0) is 30.6 Å².